The first-order valence-corrected chi connectivity index (χ1v) is 6.87. The minimum atomic E-state index is 0.157. The van der Waals surface area contributed by atoms with Crippen molar-refractivity contribution in [3.8, 4) is 0 Å². The van der Waals surface area contributed by atoms with E-state index in [2.05, 4.69) is 6.07 Å². The zero-order valence-corrected chi connectivity index (χ0v) is 11.3. The lowest BCUT2D eigenvalue weighted by molar-refractivity contribution is 0.0876. The predicted octanol–water partition coefficient (Wildman–Crippen LogP) is 3.95. The first-order chi connectivity index (χ1) is 8.72. The highest BCUT2D eigenvalue weighted by atomic mass is 16.5. The molecule has 1 aromatic rings. The lowest BCUT2D eigenvalue weighted by Gasteiger charge is -2.27. The van der Waals surface area contributed by atoms with Gasteiger partial charge in [0.05, 0.1) is 6.10 Å². The van der Waals surface area contributed by atoms with E-state index in [0.29, 0.717) is 12.3 Å². The average molecular weight is 246 g/mol. The van der Waals surface area contributed by atoms with Crippen LogP contribution >= 0.6 is 0 Å². The Bertz CT molecular complexity index is 407. The van der Waals surface area contributed by atoms with E-state index in [9.17, 15) is 4.79 Å². The Morgan fingerprint density at radius 2 is 2.11 bits per heavy atom. The number of hydrogen-bond donors (Lipinski definition) is 0. The van der Waals surface area contributed by atoms with Gasteiger partial charge in [-0.25, -0.2) is 0 Å². The van der Waals surface area contributed by atoms with E-state index in [1.807, 2.05) is 25.1 Å². The molecule has 0 heterocycles. The van der Waals surface area contributed by atoms with E-state index in [1.165, 1.54) is 24.8 Å². The van der Waals surface area contributed by atoms with Crippen LogP contribution in [0.5, 0.6) is 0 Å². The van der Waals surface area contributed by atoms with Gasteiger partial charge in [0.2, 0.25) is 0 Å². The minimum Gasteiger partial charge on any atom is -0.382 e. The fourth-order valence-electron chi connectivity index (χ4n) is 2.41. The molecule has 98 valence electrons. The molecular weight excluding hydrogens is 224 g/mol. The van der Waals surface area contributed by atoms with Gasteiger partial charge in [0, 0.05) is 19.1 Å². The van der Waals surface area contributed by atoms with Crippen molar-refractivity contribution < 1.29 is 9.53 Å². The smallest absolute Gasteiger partial charge is 0.163 e. The molecule has 0 amide bonds. The normalized spacial score (nSPS) is 17.2. The number of methoxy groups -OCH3 is 1. The van der Waals surface area contributed by atoms with Crippen molar-refractivity contribution >= 4 is 5.78 Å². The van der Waals surface area contributed by atoms with Crippen molar-refractivity contribution in [1.29, 1.82) is 0 Å². The van der Waals surface area contributed by atoms with Crippen LogP contribution in [0.4, 0.5) is 0 Å². The number of carbonyl (C=O) groups is 1. The van der Waals surface area contributed by atoms with Crippen molar-refractivity contribution in [2.45, 2.75) is 51.0 Å². The first kappa shape index (κ1) is 13.3. The van der Waals surface area contributed by atoms with Gasteiger partial charge in [-0.3, -0.25) is 4.79 Å². The molecule has 2 heteroatoms. The summed E-state index contributed by atoms with van der Waals surface area (Å²) in [4.78, 5) is 12.3. The van der Waals surface area contributed by atoms with Crippen molar-refractivity contribution in [2.75, 3.05) is 7.11 Å². The zero-order chi connectivity index (χ0) is 13.0. The summed E-state index contributed by atoms with van der Waals surface area (Å²) in [6.45, 7) is 2.01. The van der Waals surface area contributed by atoms with Crippen LogP contribution in [0, 0.1) is 0 Å². The number of carbonyl (C=O) groups excluding carboxylic acids is 1. The lowest BCUT2D eigenvalue weighted by Crippen LogP contribution is -2.15. The monoisotopic (exact) mass is 246 g/mol. The number of Topliss-reactive ketones (excluding diaryl/α,β-unsaturated/α-hetero) is 1. The Balaban J connectivity index is 2.05. The Kier molecular flexibility index (Phi) is 4.54. The van der Waals surface area contributed by atoms with E-state index in [-0.39, 0.29) is 11.9 Å². The summed E-state index contributed by atoms with van der Waals surface area (Å²) in [6.07, 6.45) is 5.31. The van der Waals surface area contributed by atoms with Crippen molar-refractivity contribution in [1.82, 2.24) is 0 Å². The van der Waals surface area contributed by atoms with Gasteiger partial charge in [-0.15, -0.1) is 0 Å². The first-order valence-electron chi connectivity index (χ1n) is 6.87. The molecule has 0 bridgehead atoms. The van der Waals surface area contributed by atoms with Gasteiger partial charge in [0.15, 0.2) is 5.78 Å². The fraction of sp³-hybridized carbons (Fsp3) is 0.562. The summed E-state index contributed by atoms with van der Waals surface area (Å²) in [7, 11) is 1.69. The highest BCUT2D eigenvalue weighted by Crippen LogP contribution is 2.38. The number of ketones is 1. The molecule has 0 N–H and O–H groups in total. The lowest BCUT2D eigenvalue weighted by atomic mass is 9.77. The quantitative estimate of drug-likeness (QED) is 0.710. The van der Waals surface area contributed by atoms with Gasteiger partial charge in [-0.2, -0.15) is 0 Å². The molecule has 1 aliphatic carbocycles. The Hall–Kier alpha value is -1.15. The summed E-state index contributed by atoms with van der Waals surface area (Å²) in [5.74, 6) is 0.881. The molecular formula is C16H22O2. The maximum absolute atomic E-state index is 12.3. The molecule has 1 aromatic carbocycles. The summed E-state index contributed by atoms with van der Waals surface area (Å²) >= 11 is 0. The third-order valence-corrected chi connectivity index (χ3v) is 3.99. The van der Waals surface area contributed by atoms with E-state index in [1.54, 1.807) is 7.11 Å². The molecule has 2 rings (SSSR count). The summed E-state index contributed by atoms with van der Waals surface area (Å²) in [5, 5.41) is 0. The number of benzene rings is 1. The largest absolute Gasteiger partial charge is 0.382 e. The van der Waals surface area contributed by atoms with Crippen LogP contribution in [0.15, 0.2) is 24.3 Å². The number of hydrogen-bond acceptors (Lipinski definition) is 2. The van der Waals surface area contributed by atoms with Gasteiger partial charge in [-0.05, 0) is 37.7 Å². The molecule has 2 nitrogen and oxygen atoms in total. The molecule has 1 atom stereocenters. The topological polar surface area (TPSA) is 26.3 Å². The van der Waals surface area contributed by atoms with Gasteiger partial charge in [0.1, 0.15) is 0 Å². The van der Waals surface area contributed by atoms with E-state index >= 15 is 0 Å². The molecule has 1 aliphatic rings. The highest BCUT2D eigenvalue weighted by molar-refractivity contribution is 5.97. The minimum absolute atomic E-state index is 0.157. The average Bonchev–Trinajstić information content (AvgIpc) is 2.34. The fourth-order valence-corrected chi connectivity index (χ4v) is 2.41. The molecule has 0 aromatic heterocycles. The van der Waals surface area contributed by atoms with Crippen LogP contribution in [-0.2, 0) is 4.74 Å². The summed E-state index contributed by atoms with van der Waals surface area (Å²) in [6, 6.07) is 8.11. The summed E-state index contributed by atoms with van der Waals surface area (Å²) in [5.41, 5.74) is 2.20. The van der Waals surface area contributed by atoms with Crippen LogP contribution in [0.3, 0.4) is 0 Å². The van der Waals surface area contributed by atoms with Gasteiger partial charge < -0.3 is 4.74 Å². The second kappa shape index (κ2) is 6.14. The number of rotatable bonds is 6. The maximum Gasteiger partial charge on any atom is 0.163 e. The maximum atomic E-state index is 12.3. The van der Waals surface area contributed by atoms with Gasteiger partial charge in [0.25, 0.3) is 0 Å². The molecule has 0 radical (unpaired) electrons. The molecule has 18 heavy (non-hydrogen) atoms. The van der Waals surface area contributed by atoms with Crippen LogP contribution in [0.1, 0.15) is 60.9 Å². The van der Waals surface area contributed by atoms with Crippen molar-refractivity contribution in [3.63, 3.8) is 0 Å². The van der Waals surface area contributed by atoms with E-state index in [0.717, 1.165) is 12.0 Å². The van der Waals surface area contributed by atoms with Crippen LogP contribution < -0.4 is 0 Å². The molecule has 1 unspecified atom stereocenters. The van der Waals surface area contributed by atoms with Crippen LogP contribution in [0.25, 0.3) is 0 Å². The Labute approximate surface area is 109 Å². The third kappa shape index (κ3) is 2.99. The van der Waals surface area contributed by atoms with Gasteiger partial charge >= 0.3 is 0 Å². The Morgan fingerprint density at radius 3 is 2.72 bits per heavy atom. The summed E-state index contributed by atoms with van der Waals surface area (Å²) < 4.78 is 5.19. The molecule has 0 spiro atoms. The van der Waals surface area contributed by atoms with Gasteiger partial charge in [-0.1, -0.05) is 30.7 Å². The van der Waals surface area contributed by atoms with Crippen molar-refractivity contribution in [2.24, 2.45) is 0 Å². The highest BCUT2D eigenvalue weighted by Gasteiger charge is 2.23. The second-order valence-electron chi connectivity index (χ2n) is 5.22. The predicted molar refractivity (Wildman–Crippen MR) is 73.1 cm³/mol. The number of ether oxygens (including phenoxy) is 1. The zero-order valence-electron chi connectivity index (χ0n) is 11.3. The molecule has 1 saturated carbocycles. The molecule has 0 saturated heterocycles. The molecule has 1 fully saturated rings. The standard InChI is InChI=1S/C16H22O2/c1-12(18-2)10-11-16(17)15-9-4-3-8-14(15)13-6-5-7-13/h3-4,8-9,12-13H,5-7,10-11H2,1-2H3. The van der Waals surface area contributed by atoms with E-state index in [4.69, 9.17) is 4.74 Å². The van der Waals surface area contributed by atoms with Crippen LogP contribution in [0.2, 0.25) is 0 Å². The van der Waals surface area contributed by atoms with E-state index < -0.39 is 0 Å². The Morgan fingerprint density at radius 1 is 1.39 bits per heavy atom. The second-order valence-corrected chi connectivity index (χ2v) is 5.22. The molecule has 0 aliphatic heterocycles. The van der Waals surface area contributed by atoms with Crippen molar-refractivity contribution in [3.05, 3.63) is 35.4 Å². The third-order valence-electron chi connectivity index (χ3n) is 3.99. The van der Waals surface area contributed by atoms with Crippen LogP contribution in [-0.4, -0.2) is 19.0 Å². The SMILES string of the molecule is COC(C)CCC(=O)c1ccccc1C1CCC1.